The summed E-state index contributed by atoms with van der Waals surface area (Å²) in [5, 5.41) is 0. The first-order chi connectivity index (χ1) is 17.6. The second-order valence-electron chi connectivity index (χ2n) is 10.2. The third-order valence-electron chi connectivity index (χ3n) is 6.89. The topological polar surface area (TPSA) is 65.5 Å². The molecule has 0 spiro atoms. The van der Waals surface area contributed by atoms with Gasteiger partial charge >= 0.3 is 11.9 Å². The van der Waals surface area contributed by atoms with Crippen molar-refractivity contribution in [2.75, 3.05) is 13.2 Å². The van der Waals surface area contributed by atoms with Crippen molar-refractivity contribution in [3.8, 4) is 0 Å². The van der Waals surface area contributed by atoms with Crippen LogP contribution >= 0.6 is 0 Å². The SMILES string of the molecule is CCCCCCCCCCCCCCCCOC(=O)c1cccc(C(=O)OCC(CC)CCCC)n1. The Labute approximate surface area is 221 Å². The molecule has 206 valence electrons. The Hall–Kier alpha value is -1.91. The fourth-order valence-corrected chi connectivity index (χ4v) is 4.36. The summed E-state index contributed by atoms with van der Waals surface area (Å²) in [6.07, 6.45) is 22.4. The van der Waals surface area contributed by atoms with E-state index in [2.05, 4.69) is 25.8 Å². The number of hydrogen-bond acceptors (Lipinski definition) is 5. The maximum absolute atomic E-state index is 12.4. The molecule has 1 aromatic rings. The zero-order valence-electron chi connectivity index (χ0n) is 23.5. The number of aromatic nitrogens is 1. The van der Waals surface area contributed by atoms with E-state index in [0.29, 0.717) is 19.1 Å². The zero-order chi connectivity index (χ0) is 26.3. The van der Waals surface area contributed by atoms with Crippen molar-refractivity contribution in [3.05, 3.63) is 29.6 Å². The smallest absolute Gasteiger partial charge is 0.356 e. The summed E-state index contributed by atoms with van der Waals surface area (Å²) >= 11 is 0. The number of pyridine rings is 1. The Kier molecular flexibility index (Phi) is 19.9. The van der Waals surface area contributed by atoms with Crippen LogP contribution < -0.4 is 0 Å². The minimum Gasteiger partial charge on any atom is -0.461 e. The molecule has 1 aromatic heterocycles. The van der Waals surface area contributed by atoms with Gasteiger partial charge in [0, 0.05) is 0 Å². The van der Waals surface area contributed by atoms with Gasteiger partial charge in [-0.25, -0.2) is 14.6 Å². The molecule has 0 saturated heterocycles. The molecule has 36 heavy (non-hydrogen) atoms. The highest BCUT2D eigenvalue weighted by Gasteiger charge is 2.16. The lowest BCUT2D eigenvalue weighted by atomic mass is 10.0. The van der Waals surface area contributed by atoms with E-state index in [1.165, 1.54) is 77.0 Å². The first kappa shape index (κ1) is 32.1. The maximum atomic E-state index is 12.4. The molecular weight excluding hydrogens is 450 g/mol. The lowest BCUT2D eigenvalue weighted by molar-refractivity contribution is 0.0420. The lowest BCUT2D eigenvalue weighted by Gasteiger charge is -2.14. The molecular formula is C31H53NO4. The van der Waals surface area contributed by atoms with Gasteiger partial charge in [-0.3, -0.25) is 0 Å². The van der Waals surface area contributed by atoms with E-state index >= 15 is 0 Å². The van der Waals surface area contributed by atoms with Crippen LogP contribution in [0.5, 0.6) is 0 Å². The van der Waals surface area contributed by atoms with Crippen LogP contribution in [0.2, 0.25) is 0 Å². The van der Waals surface area contributed by atoms with Crippen LogP contribution in [-0.2, 0) is 9.47 Å². The fourth-order valence-electron chi connectivity index (χ4n) is 4.36. The van der Waals surface area contributed by atoms with Crippen LogP contribution in [0.25, 0.3) is 0 Å². The molecule has 1 rings (SSSR count). The van der Waals surface area contributed by atoms with Crippen molar-refractivity contribution < 1.29 is 19.1 Å². The largest absolute Gasteiger partial charge is 0.461 e. The molecule has 0 fully saturated rings. The Bertz CT molecular complexity index is 691. The van der Waals surface area contributed by atoms with Gasteiger partial charge in [-0.05, 0) is 30.9 Å². The summed E-state index contributed by atoms with van der Waals surface area (Å²) in [6.45, 7) is 7.32. The molecule has 0 aliphatic carbocycles. The van der Waals surface area contributed by atoms with Gasteiger partial charge in [0.05, 0.1) is 13.2 Å². The lowest BCUT2D eigenvalue weighted by Crippen LogP contribution is -2.16. The number of carbonyl (C=O) groups is 2. The molecule has 0 aromatic carbocycles. The van der Waals surface area contributed by atoms with Crippen LogP contribution in [0.15, 0.2) is 18.2 Å². The number of esters is 2. The van der Waals surface area contributed by atoms with Crippen molar-refractivity contribution in [3.63, 3.8) is 0 Å². The van der Waals surface area contributed by atoms with Gasteiger partial charge in [0.2, 0.25) is 0 Å². The maximum Gasteiger partial charge on any atom is 0.356 e. The number of hydrogen-bond donors (Lipinski definition) is 0. The monoisotopic (exact) mass is 503 g/mol. The van der Waals surface area contributed by atoms with Gasteiger partial charge in [0.25, 0.3) is 0 Å². The minimum atomic E-state index is -0.480. The molecule has 1 unspecified atom stereocenters. The van der Waals surface area contributed by atoms with E-state index < -0.39 is 11.9 Å². The number of unbranched alkanes of at least 4 members (excludes halogenated alkanes) is 14. The van der Waals surface area contributed by atoms with E-state index in [0.717, 1.165) is 38.5 Å². The first-order valence-electron chi connectivity index (χ1n) is 14.9. The Morgan fingerprint density at radius 2 is 1.14 bits per heavy atom. The van der Waals surface area contributed by atoms with E-state index in [9.17, 15) is 9.59 Å². The molecule has 5 nitrogen and oxygen atoms in total. The normalized spacial score (nSPS) is 11.9. The fraction of sp³-hybridized carbons (Fsp3) is 0.774. The minimum absolute atomic E-state index is 0.159. The highest BCUT2D eigenvalue weighted by Crippen LogP contribution is 2.15. The van der Waals surface area contributed by atoms with Gasteiger partial charge in [0.15, 0.2) is 0 Å². The van der Waals surface area contributed by atoms with Crippen LogP contribution in [0.3, 0.4) is 0 Å². The Morgan fingerprint density at radius 1 is 0.667 bits per heavy atom. The number of rotatable bonds is 23. The highest BCUT2D eigenvalue weighted by atomic mass is 16.5. The summed E-state index contributed by atoms with van der Waals surface area (Å²) in [5.74, 6) is -0.590. The second-order valence-corrected chi connectivity index (χ2v) is 10.2. The molecule has 0 aliphatic rings. The van der Waals surface area contributed by atoms with E-state index in [-0.39, 0.29) is 11.4 Å². The molecule has 0 bridgehead atoms. The average molecular weight is 504 g/mol. The molecule has 0 amide bonds. The first-order valence-corrected chi connectivity index (χ1v) is 14.9. The van der Waals surface area contributed by atoms with Crippen LogP contribution in [-0.4, -0.2) is 30.1 Å². The van der Waals surface area contributed by atoms with Crippen molar-refractivity contribution >= 4 is 11.9 Å². The highest BCUT2D eigenvalue weighted by molar-refractivity contribution is 5.91. The quantitative estimate of drug-likeness (QED) is 0.110. The van der Waals surface area contributed by atoms with Gasteiger partial charge < -0.3 is 9.47 Å². The van der Waals surface area contributed by atoms with Crippen molar-refractivity contribution in [2.45, 2.75) is 136 Å². The third kappa shape index (κ3) is 16.0. The Balaban J connectivity index is 2.12. The van der Waals surface area contributed by atoms with Crippen LogP contribution in [0.4, 0.5) is 0 Å². The van der Waals surface area contributed by atoms with Crippen molar-refractivity contribution in [2.24, 2.45) is 5.92 Å². The van der Waals surface area contributed by atoms with Gasteiger partial charge in [-0.15, -0.1) is 0 Å². The number of carbonyl (C=O) groups excluding carboxylic acids is 2. The summed E-state index contributed by atoms with van der Waals surface area (Å²) in [5.41, 5.74) is 0.319. The van der Waals surface area contributed by atoms with Crippen LogP contribution in [0.1, 0.15) is 157 Å². The molecule has 5 heteroatoms. The van der Waals surface area contributed by atoms with Crippen LogP contribution in [0, 0.1) is 5.92 Å². The van der Waals surface area contributed by atoms with Gasteiger partial charge in [0.1, 0.15) is 11.4 Å². The molecule has 0 aliphatic heterocycles. The molecule has 0 saturated carbocycles. The average Bonchev–Trinajstić information content (AvgIpc) is 2.90. The third-order valence-corrected chi connectivity index (χ3v) is 6.89. The number of ether oxygens (including phenoxy) is 2. The molecule has 0 N–H and O–H groups in total. The standard InChI is InChI=1S/C31H53NO4/c1-4-7-9-10-11-12-13-14-15-16-17-18-19-20-25-35-30(33)28-23-21-24-29(32-28)31(34)36-26-27(6-3)22-8-5-2/h21,23-24,27H,4-20,22,25-26H2,1-3H3. The van der Waals surface area contributed by atoms with E-state index in [4.69, 9.17) is 9.47 Å². The summed E-state index contributed by atoms with van der Waals surface area (Å²) in [7, 11) is 0. The predicted molar refractivity (Wildman–Crippen MR) is 148 cm³/mol. The van der Waals surface area contributed by atoms with E-state index in [1.807, 2.05) is 0 Å². The second kappa shape index (κ2) is 22.3. The molecule has 1 heterocycles. The summed E-state index contributed by atoms with van der Waals surface area (Å²) in [4.78, 5) is 28.9. The number of nitrogens with zero attached hydrogens (tertiary/aromatic N) is 1. The zero-order valence-corrected chi connectivity index (χ0v) is 23.5. The summed E-state index contributed by atoms with van der Waals surface area (Å²) in [6, 6.07) is 4.82. The van der Waals surface area contributed by atoms with E-state index in [1.54, 1.807) is 18.2 Å². The summed E-state index contributed by atoms with van der Waals surface area (Å²) < 4.78 is 10.8. The van der Waals surface area contributed by atoms with Crippen molar-refractivity contribution in [1.82, 2.24) is 4.98 Å². The molecule has 0 radical (unpaired) electrons. The Morgan fingerprint density at radius 3 is 1.64 bits per heavy atom. The predicted octanol–water partition coefficient (Wildman–Crippen LogP) is 9.09. The molecule has 1 atom stereocenters. The van der Waals surface area contributed by atoms with Gasteiger partial charge in [-0.2, -0.15) is 0 Å². The van der Waals surface area contributed by atoms with Crippen molar-refractivity contribution in [1.29, 1.82) is 0 Å². The van der Waals surface area contributed by atoms with Gasteiger partial charge in [-0.1, -0.05) is 130 Å².